The van der Waals surface area contributed by atoms with Gasteiger partial charge in [0.15, 0.2) is 0 Å². The predicted molar refractivity (Wildman–Crippen MR) is 55.9 cm³/mol. The quantitative estimate of drug-likeness (QED) is 0.659. The highest BCUT2D eigenvalue weighted by atomic mass is 16.3. The van der Waals surface area contributed by atoms with E-state index in [1.54, 1.807) is 19.1 Å². The van der Waals surface area contributed by atoms with Gasteiger partial charge in [0.25, 0.3) is 0 Å². The molecule has 0 saturated carbocycles. The molecule has 1 atom stereocenters. The van der Waals surface area contributed by atoms with Crippen molar-refractivity contribution in [2.45, 2.75) is 26.4 Å². The SMILES string of the molecule is CC1=C(C)C(C)(O)c2c(O)cccc21. The first-order valence-corrected chi connectivity index (χ1v) is 4.69. The maximum Gasteiger partial charge on any atom is 0.122 e. The number of hydrogen-bond donors (Lipinski definition) is 2. The van der Waals surface area contributed by atoms with Crippen molar-refractivity contribution in [2.24, 2.45) is 0 Å². The topological polar surface area (TPSA) is 40.5 Å². The molecule has 0 heterocycles. The fraction of sp³-hybridized carbons (Fsp3) is 0.333. The van der Waals surface area contributed by atoms with Crippen LogP contribution in [0.3, 0.4) is 0 Å². The Labute approximate surface area is 83.5 Å². The first-order chi connectivity index (χ1) is 6.46. The fourth-order valence-electron chi connectivity index (χ4n) is 2.12. The smallest absolute Gasteiger partial charge is 0.122 e. The van der Waals surface area contributed by atoms with Crippen molar-refractivity contribution in [1.29, 1.82) is 0 Å². The van der Waals surface area contributed by atoms with E-state index in [0.717, 1.165) is 16.7 Å². The monoisotopic (exact) mass is 190 g/mol. The van der Waals surface area contributed by atoms with Gasteiger partial charge in [-0.3, -0.25) is 0 Å². The molecule has 1 aromatic rings. The molecule has 2 nitrogen and oxygen atoms in total. The molecule has 74 valence electrons. The molecular formula is C12H14O2. The molecule has 1 aromatic carbocycles. The maximum atomic E-state index is 10.2. The summed E-state index contributed by atoms with van der Waals surface area (Å²) >= 11 is 0. The van der Waals surface area contributed by atoms with Gasteiger partial charge in [0.1, 0.15) is 11.4 Å². The standard InChI is InChI=1S/C12H14O2/c1-7-8(2)12(3,14)11-9(7)5-4-6-10(11)13/h4-6,13-14H,1-3H3. The first kappa shape index (κ1) is 9.28. The third-order valence-corrected chi connectivity index (χ3v) is 3.23. The lowest BCUT2D eigenvalue weighted by Gasteiger charge is -2.21. The van der Waals surface area contributed by atoms with E-state index < -0.39 is 5.60 Å². The molecule has 14 heavy (non-hydrogen) atoms. The first-order valence-electron chi connectivity index (χ1n) is 4.69. The van der Waals surface area contributed by atoms with Crippen LogP contribution in [0.4, 0.5) is 0 Å². The summed E-state index contributed by atoms with van der Waals surface area (Å²) in [4.78, 5) is 0. The molecule has 0 bridgehead atoms. The van der Waals surface area contributed by atoms with Crippen LogP contribution in [0, 0.1) is 0 Å². The number of allylic oxidation sites excluding steroid dienone is 1. The van der Waals surface area contributed by atoms with Crippen molar-refractivity contribution in [3.63, 3.8) is 0 Å². The molecule has 1 aliphatic carbocycles. The minimum atomic E-state index is -1.02. The zero-order valence-electron chi connectivity index (χ0n) is 8.63. The lowest BCUT2D eigenvalue weighted by molar-refractivity contribution is 0.0986. The van der Waals surface area contributed by atoms with Gasteiger partial charge in [-0.15, -0.1) is 0 Å². The highest BCUT2D eigenvalue weighted by Gasteiger charge is 2.37. The van der Waals surface area contributed by atoms with Crippen molar-refractivity contribution in [3.05, 3.63) is 34.9 Å². The second-order valence-corrected chi connectivity index (χ2v) is 4.02. The van der Waals surface area contributed by atoms with Crippen LogP contribution in [0.15, 0.2) is 23.8 Å². The summed E-state index contributed by atoms with van der Waals surface area (Å²) < 4.78 is 0. The Hall–Kier alpha value is -1.28. The van der Waals surface area contributed by atoms with Crippen LogP contribution in [0.25, 0.3) is 5.57 Å². The second kappa shape index (κ2) is 2.61. The van der Waals surface area contributed by atoms with E-state index >= 15 is 0 Å². The van der Waals surface area contributed by atoms with Crippen molar-refractivity contribution < 1.29 is 10.2 Å². The van der Waals surface area contributed by atoms with Gasteiger partial charge in [-0.1, -0.05) is 12.1 Å². The highest BCUT2D eigenvalue weighted by Crippen LogP contribution is 2.47. The molecule has 2 N–H and O–H groups in total. The average molecular weight is 190 g/mol. The zero-order valence-corrected chi connectivity index (χ0v) is 8.63. The minimum Gasteiger partial charge on any atom is -0.508 e. The summed E-state index contributed by atoms with van der Waals surface area (Å²) in [6, 6.07) is 5.33. The molecule has 1 aliphatic rings. The molecule has 0 aromatic heterocycles. The Morgan fingerprint density at radius 2 is 1.86 bits per heavy atom. The van der Waals surface area contributed by atoms with Gasteiger partial charge in [-0.05, 0) is 43.5 Å². The van der Waals surface area contributed by atoms with E-state index in [1.807, 2.05) is 19.9 Å². The van der Waals surface area contributed by atoms with Crippen LogP contribution >= 0.6 is 0 Å². The van der Waals surface area contributed by atoms with E-state index in [-0.39, 0.29) is 5.75 Å². The van der Waals surface area contributed by atoms with E-state index in [9.17, 15) is 10.2 Å². The normalized spacial score (nSPS) is 25.4. The van der Waals surface area contributed by atoms with Gasteiger partial charge in [0, 0.05) is 5.56 Å². The number of phenolic OH excluding ortho intramolecular Hbond substituents is 1. The number of fused-ring (bicyclic) bond motifs is 1. The molecule has 2 rings (SSSR count). The number of benzene rings is 1. The van der Waals surface area contributed by atoms with Gasteiger partial charge in [0.05, 0.1) is 0 Å². The molecule has 0 spiro atoms. The highest BCUT2D eigenvalue weighted by molar-refractivity contribution is 5.79. The number of aromatic hydroxyl groups is 1. The summed E-state index contributed by atoms with van der Waals surface area (Å²) in [5.74, 6) is 0.170. The molecule has 0 radical (unpaired) electrons. The van der Waals surface area contributed by atoms with Crippen LogP contribution < -0.4 is 0 Å². The molecule has 2 heteroatoms. The molecule has 1 unspecified atom stereocenters. The lowest BCUT2D eigenvalue weighted by Crippen LogP contribution is -2.19. The van der Waals surface area contributed by atoms with Crippen molar-refractivity contribution in [1.82, 2.24) is 0 Å². The van der Waals surface area contributed by atoms with Gasteiger partial charge >= 0.3 is 0 Å². The minimum absolute atomic E-state index is 0.170. The second-order valence-electron chi connectivity index (χ2n) is 4.02. The van der Waals surface area contributed by atoms with Crippen LogP contribution in [-0.4, -0.2) is 10.2 Å². The van der Waals surface area contributed by atoms with E-state index in [0.29, 0.717) is 5.56 Å². The molecule has 0 fully saturated rings. The van der Waals surface area contributed by atoms with Crippen molar-refractivity contribution in [2.75, 3.05) is 0 Å². The zero-order chi connectivity index (χ0) is 10.5. The largest absolute Gasteiger partial charge is 0.508 e. The van der Waals surface area contributed by atoms with Crippen LogP contribution in [0.5, 0.6) is 5.75 Å². The van der Waals surface area contributed by atoms with E-state index in [4.69, 9.17) is 0 Å². The Morgan fingerprint density at radius 1 is 1.21 bits per heavy atom. The predicted octanol–water partition coefficient (Wildman–Crippen LogP) is 2.41. The van der Waals surface area contributed by atoms with Crippen LogP contribution in [-0.2, 0) is 5.60 Å². The summed E-state index contributed by atoms with van der Waals surface area (Å²) in [7, 11) is 0. The summed E-state index contributed by atoms with van der Waals surface area (Å²) in [5.41, 5.74) is 2.53. The van der Waals surface area contributed by atoms with Crippen molar-refractivity contribution in [3.8, 4) is 5.75 Å². The van der Waals surface area contributed by atoms with E-state index in [2.05, 4.69) is 0 Å². The Kier molecular flexibility index (Phi) is 1.73. The molecule has 0 aliphatic heterocycles. The van der Waals surface area contributed by atoms with E-state index in [1.165, 1.54) is 0 Å². The molecule has 0 amide bonds. The maximum absolute atomic E-state index is 10.2. The number of rotatable bonds is 0. The van der Waals surface area contributed by atoms with Gasteiger partial charge in [-0.2, -0.15) is 0 Å². The Morgan fingerprint density at radius 3 is 2.43 bits per heavy atom. The number of phenols is 1. The Balaban J connectivity index is 2.79. The third-order valence-electron chi connectivity index (χ3n) is 3.23. The third kappa shape index (κ3) is 0.946. The fourth-order valence-corrected chi connectivity index (χ4v) is 2.12. The molecular weight excluding hydrogens is 176 g/mol. The summed E-state index contributed by atoms with van der Waals surface area (Å²) in [5, 5.41) is 20.0. The van der Waals surface area contributed by atoms with Crippen molar-refractivity contribution >= 4 is 5.57 Å². The van der Waals surface area contributed by atoms with Crippen LogP contribution in [0.1, 0.15) is 31.9 Å². The van der Waals surface area contributed by atoms with Crippen LogP contribution in [0.2, 0.25) is 0 Å². The number of hydrogen-bond acceptors (Lipinski definition) is 2. The molecule has 0 saturated heterocycles. The Bertz CT molecular complexity index is 428. The van der Waals surface area contributed by atoms with Gasteiger partial charge in [-0.25, -0.2) is 0 Å². The average Bonchev–Trinajstić information content (AvgIpc) is 2.29. The summed E-state index contributed by atoms with van der Waals surface area (Å²) in [6.45, 7) is 5.58. The van der Waals surface area contributed by atoms with Gasteiger partial charge in [0.2, 0.25) is 0 Å². The van der Waals surface area contributed by atoms with Gasteiger partial charge < -0.3 is 10.2 Å². The number of aliphatic hydroxyl groups is 1. The lowest BCUT2D eigenvalue weighted by atomic mass is 9.93. The summed E-state index contributed by atoms with van der Waals surface area (Å²) in [6.07, 6.45) is 0.